The van der Waals surface area contributed by atoms with Crippen molar-refractivity contribution >= 4 is 0 Å². The summed E-state index contributed by atoms with van der Waals surface area (Å²) in [6, 6.07) is 14.9. The van der Waals surface area contributed by atoms with Gasteiger partial charge in [0.15, 0.2) is 0 Å². The summed E-state index contributed by atoms with van der Waals surface area (Å²) in [5.74, 6) is -1.04. The summed E-state index contributed by atoms with van der Waals surface area (Å²) >= 11 is 0. The monoisotopic (exact) mass is 486 g/mol. The summed E-state index contributed by atoms with van der Waals surface area (Å²) in [6.45, 7) is 0.760. The van der Waals surface area contributed by atoms with Crippen LogP contribution in [0.15, 0.2) is 48.7 Å². The van der Waals surface area contributed by atoms with Crippen LogP contribution >= 0.6 is 0 Å². The van der Waals surface area contributed by atoms with Crippen LogP contribution < -0.4 is 10.6 Å². The molecule has 184 valence electrons. The van der Waals surface area contributed by atoms with Crippen molar-refractivity contribution in [3.8, 4) is 33.6 Å². The number of aryl methyl sites for hydroxylation is 2. The zero-order valence-electron chi connectivity index (χ0n) is 19.9. The molecule has 0 bridgehead atoms. The van der Waals surface area contributed by atoms with Crippen LogP contribution in [-0.2, 0) is 12.8 Å². The Bertz CT molecular complexity index is 1410. The van der Waals surface area contributed by atoms with Crippen LogP contribution in [0.1, 0.15) is 54.3 Å². The average Bonchev–Trinajstić information content (AvgIpc) is 3.69. The van der Waals surface area contributed by atoms with E-state index in [1.807, 2.05) is 0 Å². The Morgan fingerprint density at radius 3 is 2.47 bits per heavy atom. The van der Waals surface area contributed by atoms with Gasteiger partial charge in [-0.1, -0.05) is 42.5 Å². The van der Waals surface area contributed by atoms with Crippen molar-refractivity contribution in [2.75, 3.05) is 13.1 Å². The van der Waals surface area contributed by atoms with E-state index in [2.05, 4.69) is 68.1 Å². The molecule has 4 heterocycles. The third-order valence-corrected chi connectivity index (χ3v) is 7.76. The van der Waals surface area contributed by atoms with E-state index in [0.29, 0.717) is 11.9 Å². The molecule has 2 aromatic carbocycles. The number of imidazole rings is 2. The van der Waals surface area contributed by atoms with Gasteiger partial charge in [-0.25, -0.2) is 18.7 Å². The molecule has 6 nitrogen and oxygen atoms in total. The fraction of sp³-hybridized carbons (Fsp3) is 0.357. The van der Waals surface area contributed by atoms with Gasteiger partial charge >= 0.3 is 0 Å². The lowest BCUT2D eigenvalue weighted by Crippen LogP contribution is -2.19. The van der Waals surface area contributed by atoms with Crippen molar-refractivity contribution in [2.45, 2.75) is 50.1 Å². The normalized spacial score (nSPS) is 22.5. The lowest BCUT2D eigenvalue weighted by molar-refractivity contribution is 0.0208. The van der Waals surface area contributed by atoms with E-state index >= 15 is 0 Å². The molecule has 0 amide bonds. The first-order valence-corrected chi connectivity index (χ1v) is 12.7. The maximum Gasteiger partial charge on any atom is 0.262 e. The summed E-state index contributed by atoms with van der Waals surface area (Å²) in [6.07, 6.45) is 5.82. The fourth-order valence-electron chi connectivity index (χ4n) is 5.80. The summed E-state index contributed by atoms with van der Waals surface area (Å²) in [5, 5.41) is 6.39. The molecule has 2 atom stereocenters. The number of H-pyrrole nitrogens is 2. The van der Waals surface area contributed by atoms with E-state index in [0.717, 1.165) is 54.1 Å². The Morgan fingerprint density at radius 1 is 0.861 bits per heavy atom. The number of fused-ring (bicyclic) bond motifs is 3. The van der Waals surface area contributed by atoms with Crippen LogP contribution in [0.3, 0.4) is 0 Å². The number of alkyl halides is 2. The summed E-state index contributed by atoms with van der Waals surface area (Å²) in [7, 11) is 0. The molecule has 8 heteroatoms. The van der Waals surface area contributed by atoms with E-state index in [1.54, 1.807) is 6.20 Å². The van der Waals surface area contributed by atoms with E-state index < -0.39 is 12.0 Å². The second-order valence-corrected chi connectivity index (χ2v) is 10.2. The van der Waals surface area contributed by atoms with Crippen molar-refractivity contribution in [1.29, 1.82) is 0 Å². The largest absolute Gasteiger partial charge is 0.344 e. The highest BCUT2D eigenvalue weighted by Crippen LogP contribution is 2.37. The van der Waals surface area contributed by atoms with Gasteiger partial charge in [0.1, 0.15) is 11.6 Å². The van der Waals surface area contributed by atoms with Crippen molar-refractivity contribution in [3.63, 3.8) is 0 Å². The number of nitrogens with zero attached hydrogens (tertiary/aromatic N) is 2. The topological polar surface area (TPSA) is 81.4 Å². The summed E-state index contributed by atoms with van der Waals surface area (Å²) in [5.41, 5.74) is 9.05. The molecule has 0 spiro atoms. The van der Waals surface area contributed by atoms with Gasteiger partial charge in [-0.2, -0.15) is 0 Å². The van der Waals surface area contributed by atoms with Gasteiger partial charge < -0.3 is 20.6 Å². The quantitative estimate of drug-likeness (QED) is 0.315. The Hall–Kier alpha value is -3.36. The van der Waals surface area contributed by atoms with E-state index in [9.17, 15) is 8.78 Å². The Labute approximate surface area is 208 Å². The molecule has 2 aliphatic heterocycles. The van der Waals surface area contributed by atoms with Crippen LogP contribution in [0.2, 0.25) is 0 Å². The van der Waals surface area contributed by atoms with Crippen LogP contribution in [0.4, 0.5) is 8.78 Å². The molecule has 7 rings (SSSR count). The highest BCUT2D eigenvalue weighted by atomic mass is 19.3. The van der Waals surface area contributed by atoms with Gasteiger partial charge in [0, 0.05) is 17.7 Å². The van der Waals surface area contributed by atoms with Gasteiger partial charge in [-0.15, -0.1) is 0 Å². The second kappa shape index (κ2) is 8.35. The summed E-state index contributed by atoms with van der Waals surface area (Å²) < 4.78 is 27.1. The Kier molecular flexibility index (Phi) is 5.08. The Balaban J connectivity index is 1.11. The van der Waals surface area contributed by atoms with E-state index in [1.165, 1.54) is 28.8 Å². The molecule has 0 saturated carbocycles. The number of nitrogens with one attached hydrogen (secondary N) is 4. The molecule has 2 saturated heterocycles. The minimum atomic E-state index is -2.68. The smallest absolute Gasteiger partial charge is 0.262 e. The number of aromatic amines is 2. The molecule has 1 aliphatic carbocycles. The number of hydrogen-bond donors (Lipinski definition) is 4. The molecule has 3 aliphatic rings. The molecule has 0 radical (unpaired) electrons. The van der Waals surface area contributed by atoms with Crippen LogP contribution in [-0.4, -0.2) is 38.9 Å². The highest BCUT2D eigenvalue weighted by molar-refractivity contribution is 5.76. The fourth-order valence-corrected chi connectivity index (χ4v) is 5.80. The maximum absolute atomic E-state index is 13.5. The van der Waals surface area contributed by atoms with Crippen LogP contribution in [0.5, 0.6) is 0 Å². The van der Waals surface area contributed by atoms with E-state index in [-0.39, 0.29) is 13.0 Å². The maximum atomic E-state index is 13.5. The molecule has 4 N–H and O–H groups in total. The minimum Gasteiger partial charge on any atom is -0.344 e. The van der Waals surface area contributed by atoms with Gasteiger partial charge in [-0.05, 0) is 54.5 Å². The third-order valence-electron chi connectivity index (χ3n) is 7.76. The first kappa shape index (κ1) is 21.9. The molecule has 2 aromatic heterocycles. The highest BCUT2D eigenvalue weighted by Gasteiger charge is 2.41. The SMILES string of the molecule is FC1(F)CN[C@H](c2ncc(-c3ccc(-c4ccc5c(c4)CCc4[nH]c([C@@H]6CCCN6)nc4-5)cc3)[nH]2)C1. The average molecular weight is 487 g/mol. The van der Waals surface area contributed by atoms with Gasteiger partial charge in [0.25, 0.3) is 5.92 Å². The van der Waals surface area contributed by atoms with Crippen molar-refractivity contribution < 1.29 is 8.78 Å². The van der Waals surface area contributed by atoms with Gasteiger partial charge in [0.2, 0.25) is 0 Å². The number of aromatic nitrogens is 4. The number of benzene rings is 2. The van der Waals surface area contributed by atoms with Crippen molar-refractivity contribution in [3.05, 3.63) is 71.6 Å². The van der Waals surface area contributed by atoms with Crippen LogP contribution in [0, 0.1) is 0 Å². The molecule has 4 aromatic rings. The zero-order chi connectivity index (χ0) is 24.3. The lowest BCUT2D eigenvalue weighted by Gasteiger charge is -2.16. The molecular formula is C28H28F2N6. The first-order valence-electron chi connectivity index (χ1n) is 12.7. The standard InChI is InChI=1S/C28H28F2N6/c29-28(30)13-23(33-15-28)26-32-14-24(35-26)17-5-3-16(4-6-17)18-7-9-20-19(12-18)8-10-21-25(20)36-27(34-21)22-2-1-11-31-22/h3-7,9,12,14,22-23,31,33H,1-2,8,10-11,13,15H2,(H,32,35)(H,34,36)/t22-,23-/m0/s1. The predicted octanol–water partition coefficient (Wildman–Crippen LogP) is 5.33. The van der Waals surface area contributed by atoms with E-state index in [4.69, 9.17) is 4.98 Å². The predicted molar refractivity (Wildman–Crippen MR) is 135 cm³/mol. The minimum absolute atomic E-state index is 0.226. The lowest BCUT2D eigenvalue weighted by atomic mass is 9.89. The molecular weight excluding hydrogens is 458 g/mol. The Morgan fingerprint density at radius 2 is 1.69 bits per heavy atom. The van der Waals surface area contributed by atoms with Crippen molar-refractivity contribution in [1.82, 2.24) is 30.6 Å². The van der Waals surface area contributed by atoms with Gasteiger partial charge in [0.05, 0.1) is 36.2 Å². The number of rotatable bonds is 4. The number of hydrogen-bond acceptors (Lipinski definition) is 4. The molecule has 0 unspecified atom stereocenters. The number of halogens is 2. The first-order chi connectivity index (χ1) is 17.5. The third kappa shape index (κ3) is 3.85. The van der Waals surface area contributed by atoms with Gasteiger partial charge in [-0.3, -0.25) is 0 Å². The molecule has 2 fully saturated rings. The van der Waals surface area contributed by atoms with Crippen molar-refractivity contribution in [2.24, 2.45) is 0 Å². The second-order valence-electron chi connectivity index (χ2n) is 10.2. The zero-order valence-corrected chi connectivity index (χ0v) is 19.9. The van der Waals surface area contributed by atoms with Crippen LogP contribution in [0.25, 0.3) is 33.6 Å². The summed E-state index contributed by atoms with van der Waals surface area (Å²) in [4.78, 5) is 16.1. The molecule has 36 heavy (non-hydrogen) atoms.